The number of anilines is 2. The largest absolute Gasteiger partial charge is 0.444 e. The van der Waals surface area contributed by atoms with Gasteiger partial charge in [0.2, 0.25) is 5.89 Å². The third-order valence-electron chi connectivity index (χ3n) is 8.84. The fourth-order valence-corrected chi connectivity index (χ4v) is 6.78. The number of hydrogen-bond donors (Lipinski definition) is 2. The molecule has 11 heteroatoms. The van der Waals surface area contributed by atoms with Crippen molar-refractivity contribution in [2.75, 3.05) is 11.9 Å². The maximum absolute atomic E-state index is 12.9. The molecular weight excluding hydrogens is 652 g/mol. The van der Waals surface area contributed by atoms with E-state index in [0.717, 1.165) is 46.0 Å². The van der Waals surface area contributed by atoms with Crippen LogP contribution in [-0.2, 0) is 11.3 Å². The number of carbonyl (C=O) groups excluding carboxylic acids is 1. The smallest absolute Gasteiger partial charge is 0.410 e. The first-order valence-electron chi connectivity index (χ1n) is 16.4. The highest BCUT2D eigenvalue weighted by molar-refractivity contribution is 6.36. The summed E-state index contributed by atoms with van der Waals surface area (Å²) in [6, 6.07) is 20.9. The number of ether oxygens (including phenoxy) is 1. The van der Waals surface area contributed by atoms with Crippen molar-refractivity contribution in [3.05, 3.63) is 100 Å². The fourth-order valence-electron chi connectivity index (χ4n) is 6.51. The topological polar surface area (TPSA) is 137 Å². The Labute approximate surface area is 294 Å². The van der Waals surface area contributed by atoms with Gasteiger partial charge in [-0.05, 0) is 99.2 Å². The molecule has 6 aromatic rings. The molecule has 10 nitrogen and oxygen atoms in total. The van der Waals surface area contributed by atoms with Gasteiger partial charge in [-0.2, -0.15) is 5.26 Å². The Kier molecular flexibility index (Phi) is 8.64. The van der Waals surface area contributed by atoms with Crippen molar-refractivity contribution in [2.24, 2.45) is 0 Å². The molecule has 0 saturated carbocycles. The van der Waals surface area contributed by atoms with Crippen LogP contribution in [0.2, 0.25) is 5.02 Å². The second-order valence-electron chi connectivity index (χ2n) is 13.4. The molecule has 4 heterocycles. The van der Waals surface area contributed by atoms with Crippen LogP contribution in [0.25, 0.3) is 44.6 Å². The Balaban J connectivity index is 1.19. The molecule has 3 aromatic heterocycles. The van der Waals surface area contributed by atoms with Crippen LogP contribution in [0.3, 0.4) is 0 Å². The molecule has 50 heavy (non-hydrogen) atoms. The lowest BCUT2D eigenvalue weighted by Gasteiger charge is -2.28. The molecule has 1 aliphatic heterocycles. The average Bonchev–Trinajstić information content (AvgIpc) is 3.76. The van der Waals surface area contributed by atoms with Crippen molar-refractivity contribution in [2.45, 2.75) is 58.8 Å². The van der Waals surface area contributed by atoms with Crippen molar-refractivity contribution in [3.63, 3.8) is 0 Å². The Bertz CT molecular complexity index is 2320. The highest BCUT2D eigenvalue weighted by Crippen LogP contribution is 2.41. The number of rotatable bonds is 6. The number of hydrogen-bond acceptors (Lipinski definition) is 9. The minimum atomic E-state index is -0.570. The number of aliphatic hydroxyl groups excluding tert-OH is 1. The standard InChI is InChI=1S/C39H35ClN6O4/c1-22-27(8-5-9-28(22)37-45-31-17-23(21-47)16-25(19-41)35(31)49-37)29-10-6-11-30(33(29)40)44-36-34-24(13-14-42-36)18-26(20-43-34)32-12-7-15-46(32)38(48)50-39(2,3)4/h5-6,8-11,13-14,16-18,20,32,47H,7,12,15,21H2,1-4H3,(H,42,44). The van der Waals surface area contributed by atoms with E-state index < -0.39 is 5.60 Å². The Hall–Kier alpha value is -5.50. The summed E-state index contributed by atoms with van der Waals surface area (Å²) >= 11 is 7.10. The second-order valence-corrected chi connectivity index (χ2v) is 13.8. The van der Waals surface area contributed by atoms with Gasteiger partial charge in [-0.3, -0.25) is 4.98 Å². The van der Waals surface area contributed by atoms with Gasteiger partial charge in [0.05, 0.1) is 28.9 Å². The number of aliphatic hydroxyl groups is 1. The van der Waals surface area contributed by atoms with Crippen molar-refractivity contribution < 1.29 is 19.1 Å². The number of amides is 1. The normalized spacial score (nSPS) is 14.7. The second kappa shape index (κ2) is 13.1. The van der Waals surface area contributed by atoms with E-state index in [4.69, 9.17) is 25.7 Å². The predicted molar refractivity (Wildman–Crippen MR) is 193 cm³/mol. The van der Waals surface area contributed by atoms with Gasteiger partial charge in [-0.25, -0.2) is 14.8 Å². The summed E-state index contributed by atoms with van der Waals surface area (Å²) in [5, 5.41) is 24.1. The van der Waals surface area contributed by atoms with E-state index in [1.54, 1.807) is 23.2 Å². The molecule has 3 aromatic carbocycles. The number of nitriles is 1. The monoisotopic (exact) mass is 686 g/mol. The summed E-state index contributed by atoms with van der Waals surface area (Å²) in [5.74, 6) is 0.921. The molecule has 0 spiro atoms. The molecule has 0 bridgehead atoms. The first kappa shape index (κ1) is 33.0. The minimum Gasteiger partial charge on any atom is -0.444 e. The molecule has 252 valence electrons. The lowest BCUT2D eigenvalue weighted by Crippen LogP contribution is -2.36. The van der Waals surface area contributed by atoms with Crippen LogP contribution in [-0.4, -0.2) is 43.2 Å². The first-order valence-corrected chi connectivity index (χ1v) is 16.8. The van der Waals surface area contributed by atoms with Gasteiger partial charge in [0, 0.05) is 35.5 Å². The average molecular weight is 687 g/mol. The summed E-state index contributed by atoms with van der Waals surface area (Å²) in [6.45, 7) is 8.03. The lowest BCUT2D eigenvalue weighted by atomic mass is 9.96. The number of aromatic nitrogens is 3. The first-order chi connectivity index (χ1) is 24.0. The lowest BCUT2D eigenvalue weighted by molar-refractivity contribution is 0.0224. The van der Waals surface area contributed by atoms with Gasteiger partial charge < -0.3 is 24.5 Å². The van der Waals surface area contributed by atoms with Crippen molar-refractivity contribution in [1.29, 1.82) is 5.26 Å². The molecule has 1 aliphatic rings. The predicted octanol–water partition coefficient (Wildman–Crippen LogP) is 9.25. The molecule has 2 N–H and O–H groups in total. The molecule has 1 atom stereocenters. The van der Waals surface area contributed by atoms with E-state index >= 15 is 0 Å². The summed E-state index contributed by atoms with van der Waals surface area (Å²) in [6.07, 6.45) is 4.95. The molecule has 1 saturated heterocycles. The van der Waals surface area contributed by atoms with E-state index in [2.05, 4.69) is 27.4 Å². The van der Waals surface area contributed by atoms with Gasteiger partial charge >= 0.3 is 6.09 Å². The van der Waals surface area contributed by atoms with Gasteiger partial charge in [0.1, 0.15) is 22.7 Å². The van der Waals surface area contributed by atoms with Crippen molar-refractivity contribution in [1.82, 2.24) is 19.9 Å². The molecule has 7 rings (SSSR count). The van der Waals surface area contributed by atoms with Crippen LogP contribution in [0, 0.1) is 18.3 Å². The zero-order chi connectivity index (χ0) is 35.2. The van der Waals surface area contributed by atoms with Crippen LogP contribution in [0.5, 0.6) is 0 Å². The molecule has 0 aliphatic carbocycles. The van der Waals surface area contributed by atoms with E-state index in [-0.39, 0.29) is 18.7 Å². The number of pyridine rings is 2. The van der Waals surface area contributed by atoms with Crippen molar-refractivity contribution in [3.8, 4) is 28.7 Å². The van der Waals surface area contributed by atoms with Crippen molar-refractivity contribution >= 4 is 51.2 Å². The molecular formula is C39H35ClN6O4. The molecule has 0 radical (unpaired) electrons. The number of likely N-dealkylation sites (tertiary alicyclic amines) is 1. The van der Waals surface area contributed by atoms with Crippen LogP contribution in [0.4, 0.5) is 16.3 Å². The molecule has 1 unspecified atom stereocenters. The maximum atomic E-state index is 12.9. The van der Waals surface area contributed by atoms with Gasteiger partial charge in [-0.15, -0.1) is 0 Å². The van der Waals surface area contributed by atoms with Crippen LogP contribution < -0.4 is 5.32 Å². The summed E-state index contributed by atoms with van der Waals surface area (Å²) in [4.78, 5) is 28.8. The number of halogens is 1. The molecule has 1 amide bonds. The van der Waals surface area contributed by atoms with Crippen LogP contribution >= 0.6 is 11.6 Å². The van der Waals surface area contributed by atoms with Gasteiger partial charge in [0.15, 0.2) is 11.4 Å². The SMILES string of the molecule is Cc1c(-c2nc3cc(CO)cc(C#N)c3o2)cccc1-c1cccc(Nc2nccc3cc(C4CCCN4C(=O)OC(C)(C)C)cnc23)c1Cl. The number of benzene rings is 3. The Morgan fingerprint density at radius 3 is 2.68 bits per heavy atom. The minimum absolute atomic E-state index is 0.113. The number of nitrogens with one attached hydrogen (secondary N) is 1. The highest BCUT2D eigenvalue weighted by atomic mass is 35.5. The number of oxazole rings is 1. The Morgan fingerprint density at radius 2 is 1.90 bits per heavy atom. The third-order valence-corrected chi connectivity index (χ3v) is 9.25. The zero-order valence-electron chi connectivity index (χ0n) is 28.1. The van der Waals surface area contributed by atoms with E-state index in [0.29, 0.717) is 56.7 Å². The van der Waals surface area contributed by atoms with Crippen LogP contribution in [0.15, 0.2) is 77.5 Å². The molecule has 1 fully saturated rings. The number of carbonyl (C=O) groups is 1. The zero-order valence-corrected chi connectivity index (χ0v) is 28.9. The van der Waals surface area contributed by atoms with E-state index in [1.165, 1.54) is 0 Å². The maximum Gasteiger partial charge on any atom is 0.410 e. The van der Waals surface area contributed by atoms with Gasteiger partial charge in [0.25, 0.3) is 0 Å². The highest BCUT2D eigenvalue weighted by Gasteiger charge is 2.33. The summed E-state index contributed by atoms with van der Waals surface area (Å²) < 4.78 is 11.8. The Morgan fingerprint density at radius 1 is 1.12 bits per heavy atom. The third kappa shape index (κ3) is 6.22. The fraction of sp³-hybridized carbons (Fsp3) is 0.256. The summed E-state index contributed by atoms with van der Waals surface area (Å²) in [5.41, 5.74) is 6.82. The number of fused-ring (bicyclic) bond motifs is 2. The number of nitrogens with zero attached hydrogens (tertiary/aromatic N) is 5. The van der Waals surface area contributed by atoms with Crippen LogP contribution in [0.1, 0.15) is 61.9 Å². The van der Waals surface area contributed by atoms with Gasteiger partial charge in [-0.1, -0.05) is 35.9 Å². The quantitative estimate of drug-likeness (QED) is 0.176. The summed E-state index contributed by atoms with van der Waals surface area (Å²) in [7, 11) is 0. The van der Waals surface area contributed by atoms with E-state index in [1.807, 2.05) is 76.4 Å². The van der Waals surface area contributed by atoms with E-state index in [9.17, 15) is 15.2 Å².